The van der Waals surface area contributed by atoms with E-state index in [0.29, 0.717) is 41.5 Å². The molecular weight excluding hydrogens is 532 g/mol. The number of nitrogens with zero attached hydrogens (tertiary/aromatic N) is 2. The van der Waals surface area contributed by atoms with Crippen LogP contribution in [-0.4, -0.2) is 76.4 Å². The van der Waals surface area contributed by atoms with Crippen LogP contribution in [0.4, 0.5) is 11.4 Å². The van der Waals surface area contributed by atoms with E-state index < -0.39 is 5.91 Å². The summed E-state index contributed by atoms with van der Waals surface area (Å²) in [6, 6.07) is 18.0. The first-order valence-electron chi connectivity index (χ1n) is 12.6. The largest absolute Gasteiger partial charge is 0.497 e. The molecule has 0 bridgehead atoms. The lowest BCUT2D eigenvalue weighted by Crippen LogP contribution is -2.48. The maximum atomic E-state index is 12.8. The van der Waals surface area contributed by atoms with Gasteiger partial charge in [-0.05, 0) is 72.9 Å². The van der Waals surface area contributed by atoms with Gasteiger partial charge in [0.2, 0.25) is 5.75 Å². The highest BCUT2D eigenvalue weighted by molar-refractivity contribution is 7.80. The van der Waals surface area contributed by atoms with Crippen molar-refractivity contribution in [2.75, 3.05) is 64.8 Å². The molecule has 40 heavy (non-hydrogen) atoms. The first-order valence-corrected chi connectivity index (χ1v) is 13.0. The molecule has 0 aliphatic carbocycles. The summed E-state index contributed by atoms with van der Waals surface area (Å²) in [5.74, 6) is 1.45. The molecule has 1 fully saturated rings. The van der Waals surface area contributed by atoms with Gasteiger partial charge < -0.3 is 34.1 Å². The number of carbonyl (C=O) groups excluding carboxylic acids is 2. The number of amides is 2. The lowest BCUT2D eigenvalue weighted by atomic mass is 10.1. The van der Waals surface area contributed by atoms with Crippen molar-refractivity contribution in [3.63, 3.8) is 0 Å². The standard InChI is InChI=1S/C29H32N4O6S/c1-36-23-11-5-19(6-12-23)28(35)33-15-13-32(14-16-33)22-9-7-21(8-10-22)30-29(40)31-27(34)20-17-24(37-2)26(39-4)25(18-20)38-3/h5-12,17-18H,13-16H2,1-4H3,(H2,30,31,34,40). The summed E-state index contributed by atoms with van der Waals surface area (Å²) in [6.07, 6.45) is 0. The number of hydrogen-bond donors (Lipinski definition) is 2. The Hall–Kier alpha value is -4.51. The van der Waals surface area contributed by atoms with Crippen molar-refractivity contribution in [2.45, 2.75) is 0 Å². The highest BCUT2D eigenvalue weighted by atomic mass is 32.1. The maximum absolute atomic E-state index is 12.8. The Balaban J connectivity index is 1.30. The summed E-state index contributed by atoms with van der Waals surface area (Å²) in [5, 5.41) is 5.86. The van der Waals surface area contributed by atoms with E-state index in [1.54, 1.807) is 43.5 Å². The molecular formula is C29H32N4O6S. The molecule has 1 aliphatic heterocycles. The molecule has 0 saturated carbocycles. The molecule has 0 aromatic heterocycles. The minimum absolute atomic E-state index is 0.0175. The third-order valence-corrected chi connectivity index (χ3v) is 6.75. The first kappa shape index (κ1) is 28.5. The molecule has 4 rings (SSSR count). The Morgan fingerprint density at radius 2 is 1.35 bits per heavy atom. The fourth-order valence-electron chi connectivity index (χ4n) is 4.39. The Bertz CT molecular complexity index is 1330. The summed E-state index contributed by atoms with van der Waals surface area (Å²) in [7, 11) is 6.06. The molecule has 10 nitrogen and oxygen atoms in total. The smallest absolute Gasteiger partial charge is 0.257 e. The Labute approximate surface area is 238 Å². The minimum Gasteiger partial charge on any atom is -0.497 e. The Kier molecular flexibility index (Phi) is 9.28. The lowest BCUT2D eigenvalue weighted by molar-refractivity contribution is 0.0746. The van der Waals surface area contributed by atoms with Crippen LogP contribution in [-0.2, 0) is 0 Å². The number of piperazine rings is 1. The highest BCUT2D eigenvalue weighted by Gasteiger charge is 2.23. The molecule has 2 N–H and O–H groups in total. The van der Waals surface area contributed by atoms with Gasteiger partial charge in [-0.3, -0.25) is 14.9 Å². The zero-order valence-electron chi connectivity index (χ0n) is 22.9. The zero-order chi connectivity index (χ0) is 28.6. The molecule has 0 spiro atoms. The van der Waals surface area contributed by atoms with Gasteiger partial charge in [-0.25, -0.2) is 0 Å². The molecule has 0 atom stereocenters. The van der Waals surface area contributed by atoms with Crippen molar-refractivity contribution in [1.82, 2.24) is 10.2 Å². The van der Waals surface area contributed by atoms with Crippen molar-refractivity contribution in [3.8, 4) is 23.0 Å². The normalized spacial score (nSPS) is 12.8. The van der Waals surface area contributed by atoms with Gasteiger partial charge in [0.25, 0.3) is 11.8 Å². The summed E-state index contributed by atoms with van der Waals surface area (Å²) in [4.78, 5) is 29.7. The first-order chi connectivity index (χ1) is 19.4. The number of carbonyl (C=O) groups is 2. The molecule has 1 aliphatic rings. The van der Waals surface area contributed by atoms with E-state index in [1.165, 1.54) is 21.3 Å². The number of hydrogen-bond acceptors (Lipinski definition) is 8. The van der Waals surface area contributed by atoms with E-state index in [0.717, 1.165) is 30.2 Å². The predicted molar refractivity (Wildman–Crippen MR) is 157 cm³/mol. The van der Waals surface area contributed by atoms with Crippen LogP contribution in [0.2, 0.25) is 0 Å². The average Bonchev–Trinajstić information content (AvgIpc) is 3.00. The summed E-state index contributed by atoms with van der Waals surface area (Å²) < 4.78 is 21.1. The lowest BCUT2D eigenvalue weighted by Gasteiger charge is -2.36. The molecule has 3 aromatic rings. The zero-order valence-corrected chi connectivity index (χ0v) is 23.7. The van der Waals surface area contributed by atoms with Crippen molar-refractivity contribution in [3.05, 3.63) is 71.8 Å². The third kappa shape index (κ3) is 6.55. The van der Waals surface area contributed by atoms with Gasteiger partial charge in [-0.15, -0.1) is 0 Å². The van der Waals surface area contributed by atoms with Crippen molar-refractivity contribution in [2.24, 2.45) is 0 Å². The molecule has 3 aromatic carbocycles. The number of thiocarbonyl (C=S) groups is 1. The number of rotatable bonds is 8. The van der Waals surface area contributed by atoms with Gasteiger partial charge in [0.15, 0.2) is 16.6 Å². The number of nitrogens with one attached hydrogen (secondary N) is 2. The number of anilines is 2. The van der Waals surface area contributed by atoms with E-state index in [2.05, 4.69) is 15.5 Å². The van der Waals surface area contributed by atoms with E-state index in [9.17, 15) is 9.59 Å². The van der Waals surface area contributed by atoms with Gasteiger partial charge in [0, 0.05) is 48.7 Å². The van der Waals surface area contributed by atoms with E-state index in [4.69, 9.17) is 31.2 Å². The van der Waals surface area contributed by atoms with Crippen molar-refractivity contribution < 1.29 is 28.5 Å². The van der Waals surface area contributed by atoms with Crippen LogP contribution >= 0.6 is 12.2 Å². The predicted octanol–water partition coefficient (Wildman–Crippen LogP) is 3.81. The number of methoxy groups -OCH3 is 4. The molecule has 11 heteroatoms. The summed E-state index contributed by atoms with van der Waals surface area (Å²) >= 11 is 5.35. The maximum Gasteiger partial charge on any atom is 0.257 e. The van der Waals surface area contributed by atoms with Crippen LogP contribution in [0.15, 0.2) is 60.7 Å². The second kappa shape index (κ2) is 13.0. The van der Waals surface area contributed by atoms with Crippen LogP contribution in [0, 0.1) is 0 Å². The van der Waals surface area contributed by atoms with Gasteiger partial charge >= 0.3 is 0 Å². The summed E-state index contributed by atoms with van der Waals surface area (Å²) in [6.45, 7) is 2.69. The van der Waals surface area contributed by atoms with Crippen molar-refractivity contribution >= 4 is 40.5 Å². The SMILES string of the molecule is COc1ccc(C(=O)N2CCN(c3ccc(NC(=S)NC(=O)c4cc(OC)c(OC)c(OC)c4)cc3)CC2)cc1. The number of ether oxygens (including phenoxy) is 4. The van der Waals surface area contributed by atoms with E-state index >= 15 is 0 Å². The van der Waals surface area contributed by atoms with Gasteiger partial charge in [-0.2, -0.15) is 0 Å². The molecule has 0 radical (unpaired) electrons. The minimum atomic E-state index is -0.421. The van der Waals surface area contributed by atoms with E-state index in [1.807, 2.05) is 29.2 Å². The van der Waals surface area contributed by atoms with Crippen LogP contribution in [0.5, 0.6) is 23.0 Å². The molecule has 0 unspecified atom stereocenters. The molecule has 1 heterocycles. The van der Waals surface area contributed by atoms with Gasteiger partial charge in [0.05, 0.1) is 28.4 Å². The van der Waals surface area contributed by atoms with Gasteiger partial charge in [0.1, 0.15) is 5.75 Å². The monoisotopic (exact) mass is 564 g/mol. The van der Waals surface area contributed by atoms with E-state index in [-0.39, 0.29) is 11.0 Å². The summed E-state index contributed by atoms with van der Waals surface area (Å²) in [5.41, 5.74) is 2.72. The molecule has 2 amide bonds. The van der Waals surface area contributed by atoms with Crippen LogP contribution < -0.4 is 34.5 Å². The third-order valence-electron chi connectivity index (χ3n) is 6.55. The number of benzene rings is 3. The highest BCUT2D eigenvalue weighted by Crippen LogP contribution is 2.38. The van der Waals surface area contributed by atoms with Crippen LogP contribution in [0.3, 0.4) is 0 Å². The second-order valence-corrected chi connectivity index (χ2v) is 9.29. The average molecular weight is 565 g/mol. The quantitative estimate of drug-likeness (QED) is 0.396. The van der Waals surface area contributed by atoms with Crippen molar-refractivity contribution in [1.29, 1.82) is 0 Å². The van der Waals surface area contributed by atoms with Crippen LogP contribution in [0.25, 0.3) is 0 Å². The van der Waals surface area contributed by atoms with Gasteiger partial charge in [-0.1, -0.05) is 0 Å². The topological polar surface area (TPSA) is 102 Å². The Morgan fingerprint density at radius 3 is 1.88 bits per heavy atom. The Morgan fingerprint density at radius 1 is 0.750 bits per heavy atom. The molecule has 210 valence electrons. The molecule has 1 saturated heterocycles. The second-order valence-electron chi connectivity index (χ2n) is 8.88. The fraction of sp³-hybridized carbons (Fsp3) is 0.276. The fourth-order valence-corrected chi connectivity index (χ4v) is 4.60. The van der Waals surface area contributed by atoms with Crippen LogP contribution in [0.1, 0.15) is 20.7 Å².